The van der Waals surface area contributed by atoms with Crippen molar-refractivity contribution < 1.29 is 14.3 Å². The fourth-order valence-electron chi connectivity index (χ4n) is 2.31. The van der Waals surface area contributed by atoms with Crippen LogP contribution in [0.1, 0.15) is 82.6 Å². The van der Waals surface area contributed by atoms with Gasteiger partial charge in [-0.05, 0) is 67.5 Å². The van der Waals surface area contributed by atoms with Crippen molar-refractivity contribution in [2.75, 3.05) is 6.61 Å². The molecule has 0 amide bonds. The number of ether oxygens (including phenoxy) is 2. The molecular weight excluding hydrogens is 415 g/mol. The van der Waals surface area contributed by atoms with Crippen LogP contribution in [0.3, 0.4) is 0 Å². The highest BCUT2D eigenvalue weighted by atomic mass is 127. The Balaban J connectivity index is 5.06. The largest absolute Gasteiger partial charge is 0.459 e. The van der Waals surface area contributed by atoms with Gasteiger partial charge in [0.1, 0.15) is 9.21 Å². The first kappa shape index (κ1) is 24.2. The van der Waals surface area contributed by atoms with Crippen LogP contribution < -0.4 is 0 Å². The smallest absolute Gasteiger partial charge is 0.310 e. The minimum atomic E-state index is -0.555. The van der Waals surface area contributed by atoms with Crippen molar-refractivity contribution in [2.45, 2.75) is 91.8 Å². The molecule has 0 saturated heterocycles. The van der Waals surface area contributed by atoms with Crippen LogP contribution in [0.5, 0.6) is 0 Å². The first-order valence-corrected chi connectivity index (χ1v) is 9.99. The Bertz CT molecular complexity index is 408. The van der Waals surface area contributed by atoms with Crippen LogP contribution in [-0.4, -0.2) is 21.8 Å². The maximum Gasteiger partial charge on any atom is 0.310 e. The van der Waals surface area contributed by atoms with Gasteiger partial charge in [0.05, 0.1) is 12.5 Å². The number of hydrogen-bond donors (Lipinski definition) is 0. The maximum atomic E-state index is 12.9. The summed E-state index contributed by atoms with van der Waals surface area (Å²) >= 11 is 2.27. The highest BCUT2D eigenvalue weighted by Gasteiger charge is 2.40. The number of alkyl halides is 1. The molecule has 0 bridgehead atoms. The maximum absolute atomic E-state index is 12.9. The van der Waals surface area contributed by atoms with E-state index < -0.39 is 5.60 Å². The summed E-state index contributed by atoms with van der Waals surface area (Å²) in [6.07, 6.45) is 0.817. The first-order valence-electron chi connectivity index (χ1n) is 8.91. The molecule has 0 rings (SSSR count). The number of esters is 1. The lowest BCUT2D eigenvalue weighted by molar-refractivity contribution is -0.174. The Morgan fingerprint density at radius 3 is 1.75 bits per heavy atom. The molecule has 0 N–H and O–H groups in total. The lowest BCUT2D eigenvalue weighted by Gasteiger charge is -2.38. The van der Waals surface area contributed by atoms with Gasteiger partial charge in [0.25, 0.3) is 0 Å². The second-order valence-electron chi connectivity index (χ2n) is 10.3. The lowest BCUT2D eigenvalue weighted by atomic mass is 9.72. The lowest BCUT2D eigenvalue weighted by Crippen LogP contribution is -2.43. The van der Waals surface area contributed by atoms with E-state index in [1.807, 2.05) is 27.7 Å². The van der Waals surface area contributed by atoms with E-state index in [1.54, 1.807) is 0 Å². The van der Waals surface area contributed by atoms with Crippen molar-refractivity contribution in [1.29, 1.82) is 0 Å². The van der Waals surface area contributed by atoms with Crippen molar-refractivity contribution >= 4 is 28.6 Å². The highest BCUT2D eigenvalue weighted by Crippen LogP contribution is 2.38. The van der Waals surface area contributed by atoms with Gasteiger partial charge < -0.3 is 9.47 Å². The summed E-state index contributed by atoms with van der Waals surface area (Å²) in [4.78, 5) is 12.9. The van der Waals surface area contributed by atoms with E-state index in [-0.39, 0.29) is 32.2 Å². The van der Waals surface area contributed by atoms with Crippen LogP contribution in [-0.2, 0) is 14.3 Å². The molecule has 0 aliphatic rings. The van der Waals surface area contributed by atoms with Gasteiger partial charge in [0, 0.05) is 5.92 Å². The predicted octanol–water partition coefficient (Wildman–Crippen LogP) is 6.23. The van der Waals surface area contributed by atoms with Crippen LogP contribution in [0.2, 0.25) is 0 Å². The second-order valence-corrected chi connectivity index (χ2v) is 12.9. The second kappa shape index (κ2) is 8.24. The van der Waals surface area contributed by atoms with E-state index in [0.29, 0.717) is 6.61 Å². The van der Waals surface area contributed by atoms with Crippen molar-refractivity contribution in [3.63, 3.8) is 0 Å². The van der Waals surface area contributed by atoms with Gasteiger partial charge in [-0.3, -0.25) is 4.79 Å². The number of halogens is 1. The average Bonchev–Trinajstić information content (AvgIpc) is 2.28. The zero-order valence-corrected chi connectivity index (χ0v) is 19.8. The zero-order valence-electron chi connectivity index (χ0n) is 17.7. The molecule has 144 valence electrons. The van der Waals surface area contributed by atoms with E-state index in [2.05, 4.69) is 71.1 Å². The molecule has 0 aromatic heterocycles. The standard InChI is InChI=1S/C20H39IO3/c1-14(13-23-20(10,11)21)19(8,9)24-16(22)15(18(5,6)7)12-17(2,3)4/h14-15H,12-13H2,1-11H3. The minimum Gasteiger partial charge on any atom is -0.459 e. The van der Waals surface area contributed by atoms with E-state index >= 15 is 0 Å². The number of carbonyl (C=O) groups is 1. The summed E-state index contributed by atoms with van der Waals surface area (Å²) in [5.41, 5.74) is -0.591. The zero-order chi connectivity index (χ0) is 19.6. The van der Waals surface area contributed by atoms with E-state index in [1.165, 1.54) is 0 Å². The first-order chi connectivity index (χ1) is 10.4. The molecule has 0 aromatic rings. The van der Waals surface area contributed by atoms with Gasteiger partial charge >= 0.3 is 5.97 Å². The molecule has 0 spiro atoms. The van der Waals surface area contributed by atoms with E-state index in [9.17, 15) is 4.79 Å². The van der Waals surface area contributed by atoms with Crippen molar-refractivity contribution in [2.24, 2.45) is 22.7 Å². The Hall–Kier alpha value is 0.160. The third kappa shape index (κ3) is 9.59. The minimum absolute atomic E-state index is 0.0844. The van der Waals surface area contributed by atoms with Gasteiger partial charge in [-0.1, -0.05) is 48.5 Å². The topological polar surface area (TPSA) is 35.5 Å². The highest BCUT2D eigenvalue weighted by molar-refractivity contribution is 14.1. The Morgan fingerprint density at radius 2 is 1.42 bits per heavy atom. The SMILES string of the molecule is CC(COC(C)(C)I)C(C)(C)OC(=O)C(CC(C)(C)C)C(C)(C)C. The average molecular weight is 454 g/mol. The molecule has 3 nitrogen and oxygen atoms in total. The van der Waals surface area contributed by atoms with Crippen molar-refractivity contribution in [3.05, 3.63) is 0 Å². The van der Waals surface area contributed by atoms with Crippen LogP contribution in [0.4, 0.5) is 0 Å². The number of carbonyl (C=O) groups excluding carboxylic acids is 1. The molecule has 0 aromatic carbocycles. The van der Waals surface area contributed by atoms with Crippen LogP contribution >= 0.6 is 22.6 Å². The quantitative estimate of drug-likeness (QED) is 0.260. The Labute approximate surface area is 163 Å². The Morgan fingerprint density at radius 1 is 0.958 bits per heavy atom. The molecule has 4 heteroatoms. The molecule has 0 radical (unpaired) electrons. The molecule has 0 saturated carbocycles. The fourth-order valence-corrected chi connectivity index (χ4v) is 2.49. The third-order valence-corrected chi connectivity index (χ3v) is 4.68. The summed E-state index contributed by atoms with van der Waals surface area (Å²) in [5, 5.41) is 0. The fraction of sp³-hybridized carbons (Fsp3) is 0.950. The van der Waals surface area contributed by atoms with E-state index in [0.717, 1.165) is 6.42 Å². The normalized spacial score (nSPS) is 16.7. The number of hydrogen-bond acceptors (Lipinski definition) is 3. The van der Waals surface area contributed by atoms with E-state index in [4.69, 9.17) is 9.47 Å². The van der Waals surface area contributed by atoms with Crippen molar-refractivity contribution in [3.8, 4) is 0 Å². The van der Waals surface area contributed by atoms with Crippen molar-refractivity contribution in [1.82, 2.24) is 0 Å². The van der Waals surface area contributed by atoms with Gasteiger partial charge in [-0.25, -0.2) is 0 Å². The summed E-state index contributed by atoms with van der Waals surface area (Å²) in [6.45, 7) is 23.5. The van der Waals surface area contributed by atoms with Gasteiger partial charge in [-0.2, -0.15) is 0 Å². The molecular formula is C20H39IO3. The van der Waals surface area contributed by atoms with Gasteiger partial charge in [-0.15, -0.1) is 0 Å². The molecule has 0 fully saturated rings. The molecule has 0 aliphatic carbocycles. The molecule has 0 aliphatic heterocycles. The molecule has 2 atom stereocenters. The van der Waals surface area contributed by atoms with Crippen LogP contribution in [0.25, 0.3) is 0 Å². The third-order valence-electron chi connectivity index (χ3n) is 4.37. The summed E-state index contributed by atoms with van der Waals surface area (Å²) in [6, 6.07) is 0. The van der Waals surface area contributed by atoms with Crippen LogP contribution in [0.15, 0.2) is 0 Å². The monoisotopic (exact) mass is 454 g/mol. The molecule has 0 heterocycles. The summed E-state index contributed by atoms with van der Waals surface area (Å²) < 4.78 is 11.6. The molecule has 2 unspecified atom stereocenters. The number of rotatable bonds is 7. The van der Waals surface area contributed by atoms with Gasteiger partial charge in [0.15, 0.2) is 0 Å². The summed E-state index contributed by atoms with van der Waals surface area (Å²) in [7, 11) is 0. The molecule has 24 heavy (non-hydrogen) atoms. The van der Waals surface area contributed by atoms with Gasteiger partial charge in [0.2, 0.25) is 0 Å². The Kier molecular flexibility index (Phi) is 8.29. The summed E-state index contributed by atoms with van der Waals surface area (Å²) in [5.74, 6) is -0.0975. The van der Waals surface area contributed by atoms with Crippen LogP contribution in [0, 0.1) is 22.7 Å². The predicted molar refractivity (Wildman–Crippen MR) is 110 cm³/mol.